The molecule has 1 fully saturated rings. The molecule has 128 valence electrons. The highest BCUT2D eigenvalue weighted by Gasteiger charge is 2.25. The molecule has 1 N–H and O–H groups in total. The Kier molecular flexibility index (Phi) is 4.71. The summed E-state index contributed by atoms with van der Waals surface area (Å²) in [4.78, 5) is 13.5. The molecule has 1 aromatic heterocycles. The summed E-state index contributed by atoms with van der Waals surface area (Å²) in [7, 11) is -2.23. The number of amides is 1. The smallest absolute Gasteiger partial charge is 0.271 e. The van der Waals surface area contributed by atoms with Crippen molar-refractivity contribution in [3.05, 3.63) is 34.7 Å². The van der Waals surface area contributed by atoms with Gasteiger partial charge in [0.15, 0.2) is 0 Å². The standard InChI is InChI=1S/C15H15ClN2O4S2/c1-22-12-9-10(4-5-11(12)18-8-2-3-14(18)19)17-24(20,21)15-7-6-13(16)23-15/h4-7,9,17H,2-3,8H2,1H3. The van der Waals surface area contributed by atoms with E-state index in [-0.39, 0.29) is 10.1 Å². The molecular formula is C15H15ClN2O4S2. The fourth-order valence-electron chi connectivity index (χ4n) is 2.51. The van der Waals surface area contributed by atoms with E-state index in [9.17, 15) is 13.2 Å². The van der Waals surface area contributed by atoms with Gasteiger partial charge >= 0.3 is 0 Å². The molecule has 0 spiro atoms. The number of methoxy groups -OCH3 is 1. The van der Waals surface area contributed by atoms with Crippen molar-refractivity contribution in [2.24, 2.45) is 0 Å². The zero-order chi connectivity index (χ0) is 17.3. The van der Waals surface area contributed by atoms with E-state index in [0.717, 1.165) is 17.8 Å². The molecule has 6 nitrogen and oxygen atoms in total. The zero-order valence-corrected chi connectivity index (χ0v) is 15.2. The molecule has 3 rings (SSSR count). The molecule has 0 atom stereocenters. The normalized spacial score (nSPS) is 14.9. The molecule has 9 heteroatoms. The Hall–Kier alpha value is -1.77. The largest absolute Gasteiger partial charge is 0.494 e. The minimum Gasteiger partial charge on any atom is -0.494 e. The lowest BCUT2D eigenvalue weighted by Gasteiger charge is -2.19. The van der Waals surface area contributed by atoms with Crippen LogP contribution in [0.5, 0.6) is 5.75 Å². The Morgan fingerprint density at radius 3 is 2.67 bits per heavy atom. The first-order chi connectivity index (χ1) is 11.4. The lowest BCUT2D eigenvalue weighted by molar-refractivity contribution is -0.117. The van der Waals surface area contributed by atoms with E-state index in [1.54, 1.807) is 23.1 Å². The van der Waals surface area contributed by atoms with Crippen molar-refractivity contribution in [3.63, 3.8) is 0 Å². The van der Waals surface area contributed by atoms with E-state index in [2.05, 4.69) is 4.72 Å². The Balaban J connectivity index is 1.88. The molecular weight excluding hydrogens is 372 g/mol. The number of carbonyl (C=O) groups is 1. The van der Waals surface area contributed by atoms with Gasteiger partial charge in [-0.3, -0.25) is 9.52 Å². The van der Waals surface area contributed by atoms with E-state index in [1.165, 1.54) is 19.2 Å². The van der Waals surface area contributed by atoms with Gasteiger partial charge in [0, 0.05) is 19.0 Å². The number of anilines is 2. The van der Waals surface area contributed by atoms with Crippen molar-refractivity contribution >= 4 is 50.2 Å². The number of hydrogen-bond acceptors (Lipinski definition) is 5. The molecule has 0 radical (unpaired) electrons. The first-order valence-electron chi connectivity index (χ1n) is 7.17. The van der Waals surface area contributed by atoms with Crippen LogP contribution in [0.25, 0.3) is 0 Å². The molecule has 2 heterocycles. The quantitative estimate of drug-likeness (QED) is 0.855. The van der Waals surface area contributed by atoms with Gasteiger partial charge in [0.2, 0.25) is 5.91 Å². The van der Waals surface area contributed by atoms with Crippen LogP contribution in [0.1, 0.15) is 12.8 Å². The van der Waals surface area contributed by atoms with Crippen LogP contribution in [0.2, 0.25) is 4.34 Å². The van der Waals surface area contributed by atoms with Crippen LogP contribution >= 0.6 is 22.9 Å². The zero-order valence-electron chi connectivity index (χ0n) is 12.8. The van der Waals surface area contributed by atoms with Gasteiger partial charge in [-0.15, -0.1) is 11.3 Å². The third kappa shape index (κ3) is 3.35. The van der Waals surface area contributed by atoms with Crippen LogP contribution in [0.3, 0.4) is 0 Å². The highest BCUT2D eigenvalue weighted by atomic mass is 35.5. The summed E-state index contributed by atoms with van der Waals surface area (Å²) < 4.78 is 33.0. The van der Waals surface area contributed by atoms with Crippen LogP contribution in [-0.2, 0) is 14.8 Å². The van der Waals surface area contributed by atoms with E-state index in [1.807, 2.05) is 0 Å². The number of nitrogens with one attached hydrogen (secondary N) is 1. The number of nitrogens with zero attached hydrogens (tertiary/aromatic N) is 1. The number of benzene rings is 1. The highest BCUT2D eigenvalue weighted by molar-refractivity contribution is 7.94. The van der Waals surface area contributed by atoms with Crippen molar-refractivity contribution in [2.45, 2.75) is 17.1 Å². The van der Waals surface area contributed by atoms with Crippen LogP contribution in [-0.4, -0.2) is 28.0 Å². The van der Waals surface area contributed by atoms with Crippen LogP contribution in [0, 0.1) is 0 Å². The second-order valence-electron chi connectivity index (χ2n) is 5.20. The Morgan fingerprint density at radius 1 is 1.29 bits per heavy atom. The van der Waals surface area contributed by atoms with Gasteiger partial charge in [-0.05, 0) is 30.7 Å². The summed E-state index contributed by atoms with van der Waals surface area (Å²) in [5.74, 6) is 0.476. The molecule has 2 aromatic rings. The fraction of sp³-hybridized carbons (Fsp3) is 0.267. The average Bonchev–Trinajstić information content (AvgIpc) is 3.16. The van der Waals surface area contributed by atoms with E-state index in [0.29, 0.717) is 34.4 Å². The number of hydrogen-bond donors (Lipinski definition) is 1. The predicted molar refractivity (Wildman–Crippen MR) is 94.7 cm³/mol. The van der Waals surface area contributed by atoms with Crippen LogP contribution < -0.4 is 14.4 Å². The predicted octanol–water partition coefficient (Wildman–Crippen LogP) is 3.34. The number of thiophene rings is 1. The third-order valence-corrected chi connectivity index (χ3v) is 6.71. The van der Waals surface area contributed by atoms with Crippen LogP contribution in [0.15, 0.2) is 34.5 Å². The summed E-state index contributed by atoms with van der Waals surface area (Å²) >= 11 is 6.77. The number of sulfonamides is 1. The van der Waals surface area contributed by atoms with Gasteiger partial charge in [-0.25, -0.2) is 8.42 Å². The second-order valence-corrected chi connectivity index (χ2v) is 8.82. The SMILES string of the molecule is COc1cc(NS(=O)(=O)c2ccc(Cl)s2)ccc1N1CCCC1=O. The number of halogens is 1. The molecule has 24 heavy (non-hydrogen) atoms. The monoisotopic (exact) mass is 386 g/mol. The fourth-order valence-corrected chi connectivity index (χ4v) is 5.05. The van der Waals surface area contributed by atoms with Gasteiger partial charge in [0.05, 0.1) is 22.8 Å². The van der Waals surface area contributed by atoms with Crippen molar-refractivity contribution in [3.8, 4) is 5.75 Å². The van der Waals surface area contributed by atoms with Crippen molar-refractivity contribution in [1.29, 1.82) is 0 Å². The summed E-state index contributed by atoms with van der Waals surface area (Å²) in [6, 6.07) is 7.83. The molecule has 1 amide bonds. The molecule has 0 unspecified atom stereocenters. The Morgan fingerprint density at radius 2 is 2.08 bits per heavy atom. The van der Waals surface area contributed by atoms with Crippen molar-refractivity contribution in [2.75, 3.05) is 23.3 Å². The maximum Gasteiger partial charge on any atom is 0.271 e. The van der Waals surface area contributed by atoms with E-state index >= 15 is 0 Å². The Labute approximate surface area is 149 Å². The maximum atomic E-state index is 12.3. The molecule has 0 saturated carbocycles. The molecule has 1 aliphatic heterocycles. The summed E-state index contributed by atoms with van der Waals surface area (Å²) in [6.45, 7) is 0.633. The van der Waals surface area contributed by atoms with Gasteiger partial charge < -0.3 is 9.64 Å². The second kappa shape index (κ2) is 6.62. The lowest BCUT2D eigenvalue weighted by Crippen LogP contribution is -2.24. The summed E-state index contributed by atoms with van der Waals surface area (Å²) in [6.07, 6.45) is 1.31. The number of ether oxygens (including phenoxy) is 1. The number of rotatable bonds is 5. The third-order valence-electron chi connectivity index (χ3n) is 3.61. The lowest BCUT2D eigenvalue weighted by atomic mass is 10.2. The van der Waals surface area contributed by atoms with Gasteiger partial charge in [-0.2, -0.15) is 0 Å². The highest BCUT2D eigenvalue weighted by Crippen LogP contribution is 2.35. The maximum absolute atomic E-state index is 12.3. The van der Waals surface area contributed by atoms with E-state index < -0.39 is 10.0 Å². The van der Waals surface area contributed by atoms with Crippen LogP contribution in [0.4, 0.5) is 11.4 Å². The molecule has 1 aromatic carbocycles. The minimum atomic E-state index is -3.71. The van der Waals surface area contributed by atoms with Crippen molar-refractivity contribution < 1.29 is 17.9 Å². The number of carbonyl (C=O) groups excluding carboxylic acids is 1. The van der Waals surface area contributed by atoms with Crippen molar-refractivity contribution in [1.82, 2.24) is 0 Å². The van der Waals surface area contributed by atoms with Gasteiger partial charge in [-0.1, -0.05) is 11.6 Å². The molecule has 0 aliphatic carbocycles. The van der Waals surface area contributed by atoms with Gasteiger partial charge in [0.25, 0.3) is 10.0 Å². The summed E-state index contributed by atoms with van der Waals surface area (Å²) in [5, 5.41) is 0. The first kappa shape index (κ1) is 17.1. The molecule has 0 bridgehead atoms. The Bertz CT molecular complexity index is 879. The minimum absolute atomic E-state index is 0.0369. The molecule has 1 saturated heterocycles. The molecule has 1 aliphatic rings. The van der Waals surface area contributed by atoms with Gasteiger partial charge in [0.1, 0.15) is 9.96 Å². The first-order valence-corrected chi connectivity index (χ1v) is 9.85. The topological polar surface area (TPSA) is 75.7 Å². The van der Waals surface area contributed by atoms with E-state index in [4.69, 9.17) is 16.3 Å². The average molecular weight is 387 g/mol. The summed E-state index contributed by atoms with van der Waals surface area (Å²) in [5.41, 5.74) is 0.994.